The second-order valence-electron chi connectivity index (χ2n) is 11.4. The maximum absolute atomic E-state index is 14.2. The first-order chi connectivity index (χ1) is 15.9. The van der Waals surface area contributed by atoms with Gasteiger partial charge < -0.3 is 14.5 Å². The van der Waals surface area contributed by atoms with Crippen molar-refractivity contribution in [1.82, 2.24) is 9.62 Å². The summed E-state index contributed by atoms with van der Waals surface area (Å²) >= 11 is 0. The van der Waals surface area contributed by atoms with E-state index in [0.29, 0.717) is 12.0 Å². The molecule has 0 radical (unpaired) electrons. The number of carbonyl (C=O) groups is 1. The standard InChI is InChI=1S/C25H40F3N3O3S/c1-17(2)16-20(29-35(33)24(6,7)8)18-10-9-11-19(25(26,27)28)21(18)30-12-14-31(15-13-30)22(32)34-23(3,4)5/h9-11,17,20,29H,12-16H2,1-8H3/t20-,35-/m0/s1. The summed E-state index contributed by atoms with van der Waals surface area (Å²) < 4.78 is 63.4. The number of amides is 1. The minimum absolute atomic E-state index is 0.0906. The fourth-order valence-electron chi connectivity index (χ4n) is 3.88. The van der Waals surface area contributed by atoms with Crippen molar-refractivity contribution in [1.29, 1.82) is 0 Å². The summed E-state index contributed by atoms with van der Waals surface area (Å²) in [5, 5.41) is 0. The van der Waals surface area contributed by atoms with E-state index in [9.17, 15) is 22.2 Å². The predicted molar refractivity (Wildman–Crippen MR) is 135 cm³/mol. The molecular weight excluding hydrogens is 479 g/mol. The summed E-state index contributed by atoms with van der Waals surface area (Å²) in [7, 11) is -1.47. The Morgan fingerprint density at radius 2 is 1.63 bits per heavy atom. The van der Waals surface area contributed by atoms with Crippen molar-refractivity contribution in [3.05, 3.63) is 29.3 Å². The quantitative estimate of drug-likeness (QED) is 0.508. The first-order valence-corrected chi connectivity index (χ1v) is 13.2. The molecule has 2 atom stereocenters. The number of rotatable bonds is 6. The molecule has 1 aromatic carbocycles. The minimum Gasteiger partial charge on any atom is -0.444 e. The Labute approximate surface area is 210 Å². The Kier molecular flexibility index (Phi) is 9.30. The molecule has 1 heterocycles. The maximum Gasteiger partial charge on any atom is 0.418 e. The van der Waals surface area contributed by atoms with Crippen molar-refractivity contribution < 1.29 is 26.9 Å². The van der Waals surface area contributed by atoms with Crippen LogP contribution in [0.2, 0.25) is 0 Å². The second kappa shape index (κ2) is 11.1. The number of piperazine rings is 1. The highest BCUT2D eigenvalue weighted by Crippen LogP contribution is 2.42. The van der Waals surface area contributed by atoms with Gasteiger partial charge in [-0.15, -0.1) is 0 Å². The molecule has 0 aromatic heterocycles. The van der Waals surface area contributed by atoms with Gasteiger partial charge in [0.15, 0.2) is 0 Å². The van der Waals surface area contributed by atoms with Crippen LogP contribution in [0.25, 0.3) is 0 Å². The molecule has 35 heavy (non-hydrogen) atoms. The van der Waals surface area contributed by atoms with Crippen LogP contribution >= 0.6 is 0 Å². The molecule has 10 heteroatoms. The number of halogens is 3. The number of alkyl halides is 3. The van der Waals surface area contributed by atoms with Gasteiger partial charge in [0.1, 0.15) is 5.60 Å². The van der Waals surface area contributed by atoms with Crippen LogP contribution in [-0.2, 0) is 21.9 Å². The van der Waals surface area contributed by atoms with Crippen LogP contribution in [0, 0.1) is 5.92 Å². The molecule has 1 saturated heterocycles. The Morgan fingerprint density at radius 1 is 1.06 bits per heavy atom. The number of nitrogens with zero attached hydrogens (tertiary/aromatic N) is 2. The van der Waals surface area contributed by atoms with Gasteiger partial charge in [0.25, 0.3) is 0 Å². The van der Waals surface area contributed by atoms with Gasteiger partial charge in [-0.25, -0.2) is 13.7 Å². The molecule has 1 N–H and O–H groups in total. The summed E-state index contributed by atoms with van der Waals surface area (Å²) in [5.74, 6) is 0.163. The third-order valence-electron chi connectivity index (χ3n) is 5.51. The molecule has 2 rings (SSSR count). The first-order valence-electron chi connectivity index (χ1n) is 12.0. The van der Waals surface area contributed by atoms with Crippen LogP contribution in [0.3, 0.4) is 0 Å². The van der Waals surface area contributed by atoms with E-state index in [2.05, 4.69) is 4.72 Å². The van der Waals surface area contributed by atoms with Crippen molar-refractivity contribution in [2.24, 2.45) is 5.92 Å². The lowest BCUT2D eigenvalue weighted by atomic mass is 9.93. The molecular formula is C25H40F3N3O3S. The van der Waals surface area contributed by atoms with E-state index in [1.807, 2.05) is 34.6 Å². The SMILES string of the molecule is CC(C)C[C@H](N[S@@](=O)C(C)(C)C)c1cccc(C(F)(F)F)c1N1CCN(C(=O)OC(C)(C)C)CC1. The Morgan fingerprint density at radius 3 is 2.09 bits per heavy atom. The highest BCUT2D eigenvalue weighted by molar-refractivity contribution is 7.84. The van der Waals surface area contributed by atoms with E-state index in [4.69, 9.17) is 4.74 Å². The van der Waals surface area contributed by atoms with Crippen LogP contribution in [0.15, 0.2) is 18.2 Å². The zero-order chi connectivity index (χ0) is 26.8. The van der Waals surface area contributed by atoms with Crippen molar-refractivity contribution in [3.8, 4) is 0 Å². The summed E-state index contributed by atoms with van der Waals surface area (Å²) in [6.45, 7) is 15.7. The average molecular weight is 520 g/mol. The van der Waals surface area contributed by atoms with E-state index < -0.39 is 45.2 Å². The molecule has 0 spiro atoms. The fourth-order valence-corrected chi connectivity index (χ4v) is 4.71. The van der Waals surface area contributed by atoms with E-state index in [1.165, 1.54) is 11.0 Å². The smallest absolute Gasteiger partial charge is 0.418 e. The molecule has 6 nitrogen and oxygen atoms in total. The summed E-state index contributed by atoms with van der Waals surface area (Å²) in [4.78, 5) is 15.7. The Bertz CT molecular complexity index is 900. The molecule has 1 fully saturated rings. The van der Waals surface area contributed by atoms with Crippen LogP contribution in [-0.4, -0.2) is 51.7 Å². The summed E-state index contributed by atoms with van der Waals surface area (Å²) in [6, 6.07) is 3.65. The maximum atomic E-state index is 14.2. The lowest BCUT2D eigenvalue weighted by Gasteiger charge is -2.39. The molecule has 1 aliphatic rings. The summed E-state index contributed by atoms with van der Waals surface area (Å²) in [6.07, 6.45) is -4.51. The van der Waals surface area contributed by atoms with Gasteiger partial charge in [-0.1, -0.05) is 26.0 Å². The van der Waals surface area contributed by atoms with Gasteiger partial charge in [0.05, 0.1) is 27.0 Å². The van der Waals surface area contributed by atoms with Crippen molar-refractivity contribution >= 4 is 22.8 Å². The third kappa shape index (κ3) is 8.37. The molecule has 0 aliphatic carbocycles. The fraction of sp³-hybridized carbons (Fsp3) is 0.720. The van der Waals surface area contributed by atoms with Gasteiger partial charge in [0, 0.05) is 32.2 Å². The molecule has 1 amide bonds. The van der Waals surface area contributed by atoms with Crippen LogP contribution in [0.4, 0.5) is 23.7 Å². The van der Waals surface area contributed by atoms with Crippen molar-refractivity contribution in [2.75, 3.05) is 31.1 Å². The predicted octanol–water partition coefficient (Wildman–Crippen LogP) is 5.90. The normalized spacial score (nSPS) is 17.5. The number of ether oxygens (including phenoxy) is 1. The zero-order valence-electron chi connectivity index (χ0n) is 22.1. The second-order valence-corrected chi connectivity index (χ2v) is 13.4. The largest absolute Gasteiger partial charge is 0.444 e. The number of para-hydroxylation sites is 1. The van der Waals surface area contributed by atoms with E-state index in [1.54, 1.807) is 31.7 Å². The zero-order valence-corrected chi connectivity index (χ0v) is 22.9. The first kappa shape index (κ1) is 29.4. The molecule has 200 valence electrons. The number of anilines is 1. The number of hydrogen-bond donors (Lipinski definition) is 1. The molecule has 0 unspecified atom stereocenters. The number of benzene rings is 1. The Hall–Kier alpha value is -1.81. The van der Waals surface area contributed by atoms with Gasteiger partial charge in [-0.3, -0.25) is 0 Å². The monoisotopic (exact) mass is 519 g/mol. The van der Waals surface area contributed by atoms with E-state index >= 15 is 0 Å². The van der Waals surface area contributed by atoms with Crippen molar-refractivity contribution in [3.63, 3.8) is 0 Å². The number of nitrogens with one attached hydrogen (secondary N) is 1. The minimum atomic E-state index is -4.56. The van der Waals surface area contributed by atoms with Gasteiger partial charge in [-0.2, -0.15) is 13.2 Å². The van der Waals surface area contributed by atoms with Gasteiger partial charge in [0.2, 0.25) is 0 Å². The lowest BCUT2D eigenvalue weighted by molar-refractivity contribution is -0.137. The number of carbonyl (C=O) groups excluding carboxylic acids is 1. The van der Waals surface area contributed by atoms with Crippen molar-refractivity contribution in [2.45, 2.75) is 84.4 Å². The highest BCUT2D eigenvalue weighted by Gasteiger charge is 2.39. The summed E-state index contributed by atoms with van der Waals surface area (Å²) in [5.41, 5.74) is -0.814. The van der Waals surface area contributed by atoms with E-state index in [-0.39, 0.29) is 37.8 Å². The number of hydrogen-bond acceptors (Lipinski definition) is 4. The third-order valence-corrected chi connectivity index (χ3v) is 7.12. The van der Waals surface area contributed by atoms with Crippen LogP contribution in [0.5, 0.6) is 0 Å². The van der Waals surface area contributed by atoms with Crippen LogP contribution < -0.4 is 9.62 Å². The molecule has 1 aromatic rings. The lowest BCUT2D eigenvalue weighted by Crippen LogP contribution is -2.50. The topological polar surface area (TPSA) is 61.9 Å². The van der Waals surface area contributed by atoms with Gasteiger partial charge >= 0.3 is 12.3 Å². The van der Waals surface area contributed by atoms with Gasteiger partial charge in [-0.05, 0) is 65.5 Å². The van der Waals surface area contributed by atoms with Crippen LogP contribution in [0.1, 0.15) is 79.0 Å². The average Bonchev–Trinajstić information content (AvgIpc) is 2.70. The molecule has 0 bridgehead atoms. The molecule has 0 saturated carbocycles. The molecule has 1 aliphatic heterocycles. The Balaban J connectivity index is 2.44. The highest BCUT2D eigenvalue weighted by atomic mass is 32.2. The van der Waals surface area contributed by atoms with E-state index in [0.717, 1.165) is 6.07 Å².